The Balaban J connectivity index is 1.26. The van der Waals surface area contributed by atoms with Gasteiger partial charge in [-0.15, -0.1) is 0 Å². The Morgan fingerprint density at radius 3 is 2.33 bits per heavy atom. The van der Waals surface area contributed by atoms with Gasteiger partial charge >= 0.3 is 0 Å². The molecule has 6 heteroatoms. The van der Waals surface area contributed by atoms with E-state index in [9.17, 15) is 14.4 Å². The van der Waals surface area contributed by atoms with Gasteiger partial charge < -0.3 is 14.7 Å². The van der Waals surface area contributed by atoms with Crippen LogP contribution >= 0.6 is 0 Å². The Labute approximate surface area is 196 Å². The van der Waals surface area contributed by atoms with Crippen LogP contribution < -0.4 is 4.90 Å². The van der Waals surface area contributed by atoms with E-state index in [1.54, 1.807) is 4.90 Å². The topological polar surface area (TPSA) is 60.9 Å². The highest BCUT2D eigenvalue weighted by molar-refractivity contribution is 6.01. The first-order valence-corrected chi connectivity index (χ1v) is 11.9. The molecule has 0 aliphatic carbocycles. The molecule has 2 aromatic rings. The van der Waals surface area contributed by atoms with Gasteiger partial charge in [0.25, 0.3) is 0 Å². The summed E-state index contributed by atoms with van der Waals surface area (Å²) in [5.41, 5.74) is 4.38. The van der Waals surface area contributed by atoms with Crippen molar-refractivity contribution in [1.29, 1.82) is 0 Å². The summed E-state index contributed by atoms with van der Waals surface area (Å²) in [6.07, 6.45) is 2.52. The van der Waals surface area contributed by atoms with Crippen LogP contribution in [0.25, 0.3) is 0 Å². The van der Waals surface area contributed by atoms with Crippen molar-refractivity contribution < 1.29 is 14.4 Å². The summed E-state index contributed by atoms with van der Waals surface area (Å²) >= 11 is 0. The van der Waals surface area contributed by atoms with Gasteiger partial charge in [-0.3, -0.25) is 14.4 Å². The molecule has 33 heavy (non-hydrogen) atoms. The molecule has 1 unspecified atom stereocenters. The Morgan fingerprint density at radius 2 is 1.61 bits per heavy atom. The number of carbonyl (C=O) groups excluding carboxylic acids is 3. The summed E-state index contributed by atoms with van der Waals surface area (Å²) in [6, 6.07) is 16.2. The molecule has 0 N–H and O–H groups in total. The number of hydrogen-bond acceptors (Lipinski definition) is 3. The van der Waals surface area contributed by atoms with Gasteiger partial charge in [0.15, 0.2) is 0 Å². The Bertz CT molecular complexity index is 1010. The number of carbonyl (C=O) groups is 3. The molecule has 2 aliphatic heterocycles. The number of anilines is 1. The lowest BCUT2D eigenvalue weighted by Crippen LogP contribution is -2.52. The lowest BCUT2D eigenvalue weighted by molar-refractivity contribution is -0.142. The van der Waals surface area contributed by atoms with Crippen LogP contribution in [-0.2, 0) is 20.8 Å². The zero-order valence-corrected chi connectivity index (χ0v) is 19.6. The quantitative estimate of drug-likeness (QED) is 0.682. The van der Waals surface area contributed by atoms with Gasteiger partial charge in [-0.1, -0.05) is 42.5 Å². The van der Waals surface area contributed by atoms with Crippen molar-refractivity contribution in [2.75, 3.05) is 37.6 Å². The Kier molecular flexibility index (Phi) is 7.11. The first-order chi connectivity index (χ1) is 15.9. The predicted octanol–water partition coefficient (Wildman–Crippen LogP) is 3.35. The van der Waals surface area contributed by atoms with E-state index in [0.29, 0.717) is 39.1 Å². The SMILES string of the molecule is Cc1cccc(N2CC(C(=O)N3CCN(C(=O)CCCc4ccccc4)CC3)CC2=O)c1C. The van der Waals surface area contributed by atoms with Gasteiger partial charge in [-0.25, -0.2) is 0 Å². The van der Waals surface area contributed by atoms with Crippen molar-refractivity contribution in [3.63, 3.8) is 0 Å². The van der Waals surface area contributed by atoms with Crippen molar-refractivity contribution in [3.05, 3.63) is 65.2 Å². The largest absolute Gasteiger partial charge is 0.339 e. The van der Waals surface area contributed by atoms with Crippen molar-refractivity contribution >= 4 is 23.4 Å². The van der Waals surface area contributed by atoms with E-state index in [0.717, 1.165) is 29.7 Å². The molecule has 2 aliphatic rings. The monoisotopic (exact) mass is 447 g/mol. The fraction of sp³-hybridized carbons (Fsp3) is 0.444. The number of hydrogen-bond donors (Lipinski definition) is 0. The summed E-state index contributed by atoms with van der Waals surface area (Å²) in [5.74, 6) is -0.109. The standard InChI is InChI=1S/C27H33N3O3/c1-20-8-6-12-24(21(20)2)30-19-23(18-26(30)32)27(33)29-16-14-28(15-17-29)25(31)13-7-11-22-9-4-3-5-10-22/h3-6,8-10,12,23H,7,11,13-19H2,1-2H3. The van der Waals surface area contributed by atoms with Crippen molar-refractivity contribution in [2.45, 2.75) is 39.5 Å². The number of aryl methyl sites for hydroxylation is 2. The third-order valence-electron chi connectivity index (χ3n) is 6.98. The lowest BCUT2D eigenvalue weighted by atomic mass is 10.1. The first kappa shape index (κ1) is 23.0. The van der Waals surface area contributed by atoms with Crippen molar-refractivity contribution in [1.82, 2.24) is 9.80 Å². The molecule has 0 saturated carbocycles. The molecule has 2 aromatic carbocycles. The van der Waals surface area contributed by atoms with Crippen LogP contribution in [0.15, 0.2) is 48.5 Å². The second kappa shape index (κ2) is 10.2. The minimum atomic E-state index is -0.314. The second-order valence-corrected chi connectivity index (χ2v) is 9.17. The Morgan fingerprint density at radius 1 is 0.909 bits per heavy atom. The molecule has 1 atom stereocenters. The molecular weight excluding hydrogens is 414 g/mol. The molecule has 2 heterocycles. The summed E-state index contributed by atoms with van der Waals surface area (Å²) in [5, 5.41) is 0. The Hall–Kier alpha value is -3.15. The molecule has 2 saturated heterocycles. The maximum atomic E-state index is 13.1. The number of amides is 3. The number of nitrogens with zero attached hydrogens (tertiary/aromatic N) is 3. The summed E-state index contributed by atoms with van der Waals surface area (Å²) in [6.45, 7) is 6.69. The molecule has 0 radical (unpaired) electrons. The van der Waals surface area contributed by atoms with E-state index >= 15 is 0 Å². The fourth-order valence-corrected chi connectivity index (χ4v) is 4.81. The van der Waals surface area contributed by atoms with E-state index < -0.39 is 0 Å². The average Bonchev–Trinajstić information content (AvgIpc) is 3.22. The lowest BCUT2D eigenvalue weighted by Gasteiger charge is -2.36. The molecule has 0 aromatic heterocycles. The highest BCUT2D eigenvalue weighted by Crippen LogP contribution is 2.30. The number of rotatable bonds is 6. The molecule has 0 spiro atoms. The molecule has 6 nitrogen and oxygen atoms in total. The van der Waals surface area contributed by atoms with Crippen LogP contribution in [0.4, 0.5) is 5.69 Å². The first-order valence-electron chi connectivity index (χ1n) is 11.9. The van der Waals surface area contributed by atoms with Crippen LogP contribution in [0.5, 0.6) is 0 Å². The van der Waals surface area contributed by atoms with Gasteiger partial charge in [0, 0.05) is 51.3 Å². The van der Waals surface area contributed by atoms with Crippen LogP contribution in [0.3, 0.4) is 0 Å². The molecule has 2 fully saturated rings. The normalized spacial score (nSPS) is 18.7. The van der Waals surface area contributed by atoms with Crippen LogP contribution in [0.2, 0.25) is 0 Å². The maximum absolute atomic E-state index is 13.1. The van der Waals surface area contributed by atoms with E-state index in [4.69, 9.17) is 0 Å². The second-order valence-electron chi connectivity index (χ2n) is 9.17. The minimum absolute atomic E-state index is 0.00859. The molecule has 4 rings (SSSR count). The molecular formula is C27H33N3O3. The highest BCUT2D eigenvalue weighted by Gasteiger charge is 2.38. The smallest absolute Gasteiger partial charge is 0.228 e. The summed E-state index contributed by atoms with van der Waals surface area (Å²) in [7, 11) is 0. The van der Waals surface area contributed by atoms with Gasteiger partial charge in [0.05, 0.1) is 5.92 Å². The van der Waals surface area contributed by atoms with Crippen LogP contribution in [0.1, 0.15) is 36.0 Å². The molecule has 3 amide bonds. The third-order valence-corrected chi connectivity index (χ3v) is 6.98. The zero-order chi connectivity index (χ0) is 23.4. The van der Waals surface area contributed by atoms with Gasteiger partial charge in [0.1, 0.15) is 0 Å². The molecule has 0 bridgehead atoms. The van der Waals surface area contributed by atoms with E-state index in [1.807, 2.05) is 60.0 Å². The van der Waals surface area contributed by atoms with Crippen LogP contribution in [0, 0.1) is 19.8 Å². The van der Waals surface area contributed by atoms with E-state index in [-0.39, 0.29) is 30.1 Å². The summed E-state index contributed by atoms with van der Waals surface area (Å²) < 4.78 is 0. The van der Waals surface area contributed by atoms with Crippen molar-refractivity contribution in [2.24, 2.45) is 5.92 Å². The predicted molar refractivity (Wildman–Crippen MR) is 129 cm³/mol. The molecule has 174 valence electrons. The van der Waals surface area contributed by atoms with Gasteiger partial charge in [-0.05, 0) is 49.4 Å². The third kappa shape index (κ3) is 5.27. The van der Waals surface area contributed by atoms with E-state index in [2.05, 4.69) is 12.1 Å². The summed E-state index contributed by atoms with van der Waals surface area (Å²) in [4.78, 5) is 43.9. The average molecular weight is 448 g/mol. The van der Waals surface area contributed by atoms with Gasteiger partial charge in [-0.2, -0.15) is 0 Å². The van der Waals surface area contributed by atoms with Gasteiger partial charge in [0.2, 0.25) is 17.7 Å². The van der Waals surface area contributed by atoms with E-state index in [1.165, 1.54) is 5.56 Å². The minimum Gasteiger partial charge on any atom is -0.339 e. The number of piperazine rings is 1. The fourth-order valence-electron chi connectivity index (χ4n) is 4.81. The van der Waals surface area contributed by atoms with Crippen molar-refractivity contribution in [3.8, 4) is 0 Å². The highest BCUT2D eigenvalue weighted by atomic mass is 16.2. The van der Waals surface area contributed by atoms with Crippen LogP contribution in [-0.4, -0.2) is 60.2 Å². The number of benzene rings is 2. The maximum Gasteiger partial charge on any atom is 0.228 e. The zero-order valence-electron chi connectivity index (χ0n) is 19.6.